The Hall–Kier alpha value is -1.04. The smallest absolute Gasteiger partial charge is 0.231 e. The Bertz CT molecular complexity index is 439. The Morgan fingerprint density at radius 1 is 1.42 bits per heavy atom. The molecular formula is C14H20N2O2S. The lowest BCUT2D eigenvalue weighted by Gasteiger charge is -2.18. The van der Waals surface area contributed by atoms with Crippen molar-refractivity contribution in [3.63, 3.8) is 0 Å². The number of hydrogen-bond donors (Lipinski definition) is 2. The van der Waals surface area contributed by atoms with Crippen LogP contribution in [0.5, 0.6) is 0 Å². The molecule has 1 amide bonds. The van der Waals surface area contributed by atoms with Gasteiger partial charge in [-0.1, -0.05) is 19.1 Å². The van der Waals surface area contributed by atoms with Crippen LogP contribution in [-0.2, 0) is 9.53 Å². The molecule has 2 atom stereocenters. The predicted molar refractivity (Wildman–Crippen MR) is 78.6 cm³/mol. The van der Waals surface area contributed by atoms with E-state index in [0.29, 0.717) is 13.2 Å². The second kappa shape index (κ2) is 6.93. The first-order chi connectivity index (χ1) is 9.26. The maximum absolute atomic E-state index is 12.3. The van der Waals surface area contributed by atoms with Crippen molar-refractivity contribution in [1.29, 1.82) is 0 Å². The van der Waals surface area contributed by atoms with Crippen LogP contribution in [0.3, 0.4) is 0 Å². The summed E-state index contributed by atoms with van der Waals surface area (Å²) in [4.78, 5) is 13.4. The van der Waals surface area contributed by atoms with Crippen LogP contribution in [0.25, 0.3) is 0 Å². The van der Waals surface area contributed by atoms with E-state index >= 15 is 0 Å². The van der Waals surface area contributed by atoms with Gasteiger partial charge >= 0.3 is 0 Å². The third-order valence-corrected chi connectivity index (χ3v) is 4.04. The molecule has 1 aliphatic rings. The van der Waals surface area contributed by atoms with E-state index in [9.17, 15) is 4.79 Å². The number of para-hydroxylation sites is 1. The molecule has 0 aromatic heterocycles. The number of benzene rings is 1. The first kappa shape index (κ1) is 14.4. The van der Waals surface area contributed by atoms with Gasteiger partial charge in [0.15, 0.2) is 0 Å². The highest BCUT2D eigenvalue weighted by molar-refractivity contribution is 7.98. The molecule has 0 bridgehead atoms. The number of amides is 1. The number of anilines is 1. The molecule has 1 saturated heterocycles. The summed E-state index contributed by atoms with van der Waals surface area (Å²) < 4.78 is 5.41. The number of likely N-dealkylation sites (N-methyl/N-ethyl adjacent to an activating group) is 1. The van der Waals surface area contributed by atoms with Crippen molar-refractivity contribution in [2.45, 2.75) is 17.9 Å². The van der Waals surface area contributed by atoms with Crippen LogP contribution in [0.2, 0.25) is 0 Å². The zero-order valence-electron chi connectivity index (χ0n) is 11.3. The van der Waals surface area contributed by atoms with Crippen molar-refractivity contribution >= 4 is 23.4 Å². The molecule has 1 aliphatic heterocycles. The molecule has 0 radical (unpaired) electrons. The van der Waals surface area contributed by atoms with Crippen molar-refractivity contribution in [3.05, 3.63) is 24.3 Å². The molecule has 0 aliphatic carbocycles. The minimum Gasteiger partial charge on any atom is -0.379 e. The van der Waals surface area contributed by atoms with Crippen molar-refractivity contribution < 1.29 is 9.53 Å². The van der Waals surface area contributed by atoms with Gasteiger partial charge in [-0.2, -0.15) is 0 Å². The van der Waals surface area contributed by atoms with Gasteiger partial charge in [-0.05, 0) is 24.9 Å². The summed E-state index contributed by atoms with van der Waals surface area (Å²) in [6.07, 6.45) is 2.01. The summed E-state index contributed by atoms with van der Waals surface area (Å²) in [5.74, 6) is -0.0835. The molecule has 0 saturated carbocycles. The van der Waals surface area contributed by atoms with Gasteiger partial charge in [0.2, 0.25) is 5.91 Å². The normalized spacial score (nSPS) is 22.4. The first-order valence-corrected chi connectivity index (χ1v) is 7.73. The van der Waals surface area contributed by atoms with Crippen molar-refractivity contribution in [2.75, 3.05) is 31.3 Å². The molecule has 4 nitrogen and oxygen atoms in total. The van der Waals surface area contributed by atoms with Crippen molar-refractivity contribution in [1.82, 2.24) is 5.32 Å². The Labute approximate surface area is 118 Å². The van der Waals surface area contributed by atoms with E-state index in [-0.39, 0.29) is 17.9 Å². The lowest BCUT2D eigenvalue weighted by molar-refractivity contribution is -0.120. The second-order valence-electron chi connectivity index (χ2n) is 4.50. The van der Waals surface area contributed by atoms with E-state index in [2.05, 4.69) is 10.6 Å². The molecule has 19 heavy (non-hydrogen) atoms. The van der Waals surface area contributed by atoms with Crippen molar-refractivity contribution in [2.24, 2.45) is 5.92 Å². The van der Waals surface area contributed by atoms with Crippen LogP contribution < -0.4 is 10.6 Å². The number of thioether (sulfide) groups is 1. The number of carbonyl (C=O) groups excluding carboxylic acids is 1. The molecule has 5 heteroatoms. The Morgan fingerprint density at radius 2 is 2.21 bits per heavy atom. The summed E-state index contributed by atoms with van der Waals surface area (Å²) >= 11 is 1.63. The molecule has 104 valence electrons. The van der Waals surface area contributed by atoms with E-state index in [0.717, 1.165) is 17.1 Å². The average molecular weight is 280 g/mol. The van der Waals surface area contributed by atoms with Gasteiger partial charge in [-0.25, -0.2) is 0 Å². The molecule has 1 fully saturated rings. The van der Waals surface area contributed by atoms with Crippen LogP contribution in [-0.4, -0.2) is 38.0 Å². The first-order valence-electron chi connectivity index (χ1n) is 6.51. The molecule has 1 heterocycles. The van der Waals surface area contributed by atoms with E-state index in [1.807, 2.05) is 37.4 Å². The maximum Gasteiger partial charge on any atom is 0.231 e. The number of rotatable bonds is 5. The summed E-state index contributed by atoms with van der Waals surface area (Å²) in [6, 6.07) is 7.96. The van der Waals surface area contributed by atoms with Gasteiger partial charge in [-0.3, -0.25) is 4.79 Å². The largest absolute Gasteiger partial charge is 0.379 e. The van der Waals surface area contributed by atoms with Crippen LogP contribution in [0, 0.1) is 5.92 Å². The third-order valence-electron chi connectivity index (χ3n) is 3.25. The van der Waals surface area contributed by atoms with Crippen LogP contribution in [0.15, 0.2) is 29.2 Å². The van der Waals surface area contributed by atoms with Crippen LogP contribution in [0.1, 0.15) is 6.92 Å². The fourth-order valence-corrected chi connectivity index (χ4v) is 2.80. The molecule has 2 N–H and O–H groups in total. The predicted octanol–water partition coefficient (Wildman–Crippen LogP) is 1.97. The fraction of sp³-hybridized carbons (Fsp3) is 0.500. The minimum atomic E-state index is -0.116. The van der Waals surface area contributed by atoms with E-state index in [4.69, 9.17) is 4.74 Å². The fourth-order valence-electron chi connectivity index (χ4n) is 2.25. The Morgan fingerprint density at radius 3 is 2.95 bits per heavy atom. The van der Waals surface area contributed by atoms with Crippen molar-refractivity contribution in [3.8, 4) is 0 Å². The van der Waals surface area contributed by atoms with E-state index in [1.165, 1.54) is 0 Å². The third kappa shape index (κ3) is 3.49. The molecule has 2 unspecified atom stereocenters. The van der Waals surface area contributed by atoms with Crippen LogP contribution in [0.4, 0.5) is 5.69 Å². The van der Waals surface area contributed by atoms with Gasteiger partial charge in [0.05, 0.1) is 24.8 Å². The Balaban J connectivity index is 2.04. The SMILES string of the molecule is CCNC1COCC1C(=O)Nc1ccccc1SC. The van der Waals surface area contributed by atoms with E-state index in [1.54, 1.807) is 11.8 Å². The highest BCUT2D eigenvalue weighted by Gasteiger charge is 2.33. The van der Waals surface area contributed by atoms with E-state index < -0.39 is 0 Å². The average Bonchev–Trinajstić information content (AvgIpc) is 2.88. The van der Waals surface area contributed by atoms with Gasteiger partial charge < -0.3 is 15.4 Å². The number of hydrogen-bond acceptors (Lipinski definition) is 4. The molecular weight excluding hydrogens is 260 g/mol. The highest BCUT2D eigenvalue weighted by Crippen LogP contribution is 2.26. The number of nitrogens with one attached hydrogen (secondary N) is 2. The zero-order chi connectivity index (χ0) is 13.7. The number of carbonyl (C=O) groups is 1. The quantitative estimate of drug-likeness (QED) is 0.810. The summed E-state index contributed by atoms with van der Waals surface area (Å²) in [6.45, 7) is 3.98. The maximum atomic E-state index is 12.3. The molecule has 1 aromatic rings. The minimum absolute atomic E-state index is 0.0324. The topological polar surface area (TPSA) is 50.4 Å². The van der Waals surface area contributed by atoms with Gasteiger partial charge in [-0.15, -0.1) is 11.8 Å². The lowest BCUT2D eigenvalue weighted by Crippen LogP contribution is -2.41. The lowest BCUT2D eigenvalue weighted by atomic mass is 10.0. The molecule has 2 rings (SSSR count). The zero-order valence-corrected chi connectivity index (χ0v) is 12.1. The number of ether oxygens (including phenoxy) is 1. The summed E-state index contributed by atoms with van der Waals surface area (Å²) in [5.41, 5.74) is 0.877. The van der Waals surface area contributed by atoms with Crippen LogP contribution >= 0.6 is 11.8 Å². The van der Waals surface area contributed by atoms with Gasteiger partial charge in [0, 0.05) is 10.9 Å². The molecule has 1 aromatic carbocycles. The van der Waals surface area contributed by atoms with Gasteiger partial charge in [0.1, 0.15) is 0 Å². The monoisotopic (exact) mass is 280 g/mol. The Kier molecular flexibility index (Phi) is 5.24. The summed E-state index contributed by atoms with van der Waals surface area (Å²) in [7, 11) is 0. The summed E-state index contributed by atoms with van der Waals surface area (Å²) in [5, 5.41) is 6.31. The molecule has 0 spiro atoms. The van der Waals surface area contributed by atoms with Gasteiger partial charge in [0.25, 0.3) is 0 Å². The standard InChI is InChI=1S/C14H20N2O2S/c1-3-15-12-9-18-8-10(12)14(17)16-11-6-4-5-7-13(11)19-2/h4-7,10,12,15H,3,8-9H2,1-2H3,(H,16,17). The second-order valence-corrected chi connectivity index (χ2v) is 5.35. The highest BCUT2D eigenvalue weighted by atomic mass is 32.2.